The van der Waals surface area contributed by atoms with Gasteiger partial charge in [-0.05, 0) is 19.4 Å². The van der Waals surface area contributed by atoms with Crippen LogP contribution in [0, 0.1) is 0 Å². The van der Waals surface area contributed by atoms with Crippen molar-refractivity contribution < 1.29 is 19.1 Å². The van der Waals surface area contributed by atoms with Crippen molar-refractivity contribution in [1.29, 1.82) is 0 Å². The molecule has 2 aliphatic heterocycles. The van der Waals surface area contributed by atoms with Crippen LogP contribution in [0.1, 0.15) is 19.4 Å². The van der Waals surface area contributed by atoms with E-state index >= 15 is 0 Å². The normalized spacial score (nSPS) is 31.5. The van der Waals surface area contributed by atoms with E-state index in [1.54, 1.807) is 0 Å². The van der Waals surface area contributed by atoms with Gasteiger partial charge in [-0.15, -0.1) is 11.8 Å². The van der Waals surface area contributed by atoms with Crippen LogP contribution in [0.15, 0.2) is 30.3 Å². The van der Waals surface area contributed by atoms with Crippen LogP contribution in [-0.2, 0) is 25.7 Å². The molecular weight excluding hydrogens is 316 g/mol. The second kappa shape index (κ2) is 5.51. The smallest absolute Gasteiger partial charge is 0.349 e. The van der Waals surface area contributed by atoms with Crippen molar-refractivity contribution in [3.63, 3.8) is 0 Å². The first kappa shape index (κ1) is 16.3. The molecule has 2 fully saturated rings. The number of methoxy groups -OCH3 is 1. The monoisotopic (exact) mass is 336 g/mol. The number of amides is 1. The molecular formula is C16H20N2O4S. The molecule has 2 heterocycles. The highest BCUT2D eigenvalue weighted by Crippen LogP contribution is 2.55. The van der Waals surface area contributed by atoms with Gasteiger partial charge in [-0.25, -0.2) is 4.79 Å². The zero-order chi connectivity index (χ0) is 16.8. The average Bonchev–Trinajstić information content (AvgIpc) is 2.71. The second-order valence-electron chi connectivity index (χ2n) is 6.21. The fourth-order valence-electron chi connectivity index (χ4n) is 3.00. The molecule has 0 unspecified atom stereocenters. The molecule has 23 heavy (non-hydrogen) atoms. The molecule has 2 aliphatic rings. The minimum absolute atomic E-state index is 0.125. The molecule has 7 heteroatoms. The zero-order valence-electron chi connectivity index (χ0n) is 13.3. The van der Waals surface area contributed by atoms with Crippen LogP contribution in [0.25, 0.3) is 0 Å². The zero-order valence-corrected chi connectivity index (χ0v) is 14.1. The maximum Gasteiger partial charge on any atom is 0.349 e. The number of carbonyl (C=O) groups is 2. The average molecular weight is 336 g/mol. The lowest BCUT2D eigenvalue weighted by Gasteiger charge is -2.47. The maximum atomic E-state index is 12.7. The molecule has 2 N–H and O–H groups in total. The highest BCUT2D eigenvalue weighted by molar-refractivity contribution is 8.01. The molecule has 1 amide bonds. The topological polar surface area (TPSA) is 81.9 Å². The number of benzene rings is 1. The number of fused-ring (bicyclic) bond motifs is 1. The molecule has 1 aromatic rings. The van der Waals surface area contributed by atoms with Gasteiger partial charge in [0, 0.05) is 7.11 Å². The minimum Gasteiger partial charge on any atom is -0.458 e. The number of ether oxygens (including phenoxy) is 2. The number of β-lactam (4-membered cyclic amide) rings is 1. The molecule has 0 radical (unpaired) electrons. The molecule has 3 atom stereocenters. The molecule has 124 valence electrons. The highest BCUT2D eigenvalue weighted by atomic mass is 32.2. The Labute approximate surface area is 139 Å². The van der Waals surface area contributed by atoms with Crippen molar-refractivity contribution in [3.05, 3.63) is 35.9 Å². The molecule has 0 saturated carbocycles. The van der Waals surface area contributed by atoms with E-state index in [0.717, 1.165) is 5.56 Å². The summed E-state index contributed by atoms with van der Waals surface area (Å²) in [6, 6.07) is 9.36. The lowest BCUT2D eigenvalue weighted by atomic mass is 9.90. The van der Waals surface area contributed by atoms with E-state index in [2.05, 4.69) is 0 Å². The van der Waals surface area contributed by atoms with Gasteiger partial charge in [-0.1, -0.05) is 30.3 Å². The third-order valence-electron chi connectivity index (χ3n) is 4.49. The van der Waals surface area contributed by atoms with Crippen molar-refractivity contribution >= 4 is 23.6 Å². The first-order valence-electron chi connectivity index (χ1n) is 7.37. The first-order valence-corrected chi connectivity index (χ1v) is 8.24. The summed E-state index contributed by atoms with van der Waals surface area (Å²) in [6.45, 7) is 3.82. The summed E-state index contributed by atoms with van der Waals surface area (Å²) in [4.78, 5) is 26.3. The van der Waals surface area contributed by atoms with Gasteiger partial charge >= 0.3 is 5.97 Å². The van der Waals surface area contributed by atoms with Gasteiger partial charge in [0.1, 0.15) is 12.0 Å². The van der Waals surface area contributed by atoms with Crippen LogP contribution in [0.2, 0.25) is 0 Å². The van der Waals surface area contributed by atoms with E-state index in [0.29, 0.717) is 0 Å². The number of hydrogen-bond donors (Lipinski definition) is 1. The van der Waals surface area contributed by atoms with E-state index in [1.165, 1.54) is 23.8 Å². The summed E-state index contributed by atoms with van der Waals surface area (Å²) in [6.07, 6.45) is -0.549. The van der Waals surface area contributed by atoms with Crippen molar-refractivity contribution in [2.45, 2.75) is 42.3 Å². The van der Waals surface area contributed by atoms with Crippen molar-refractivity contribution in [3.8, 4) is 0 Å². The third kappa shape index (κ3) is 2.26. The number of rotatable bonds is 4. The number of nitrogens with zero attached hydrogens (tertiary/aromatic N) is 1. The third-order valence-corrected chi connectivity index (χ3v) is 6.09. The van der Waals surface area contributed by atoms with Crippen molar-refractivity contribution in [1.82, 2.24) is 4.90 Å². The summed E-state index contributed by atoms with van der Waals surface area (Å²) in [5, 5.41) is -0.253. The fraction of sp³-hybridized carbons (Fsp3) is 0.500. The van der Waals surface area contributed by atoms with E-state index in [-0.39, 0.29) is 17.9 Å². The summed E-state index contributed by atoms with van der Waals surface area (Å²) >= 11 is 1.47. The van der Waals surface area contributed by atoms with Gasteiger partial charge in [-0.2, -0.15) is 0 Å². The largest absolute Gasteiger partial charge is 0.458 e. The van der Waals surface area contributed by atoms with Gasteiger partial charge < -0.3 is 9.47 Å². The van der Waals surface area contributed by atoms with E-state index in [9.17, 15) is 9.59 Å². The van der Waals surface area contributed by atoms with E-state index in [1.807, 2.05) is 44.2 Å². The lowest BCUT2D eigenvalue weighted by molar-refractivity contribution is -0.186. The molecule has 1 aromatic carbocycles. The predicted molar refractivity (Wildman–Crippen MR) is 86.3 cm³/mol. The Hall–Kier alpha value is -1.57. The number of carbonyl (C=O) groups excluding carboxylic acids is 2. The van der Waals surface area contributed by atoms with Crippen LogP contribution in [0.4, 0.5) is 0 Å². The summed E-state index contributed by atoms with van der Waals surface area (Å²) in [7, 11) is 1.48. The van der Waals surface area contributed by atoms with E-state index in [4.69, 9.17) is 15.2 Å². The van der Waals surface area contributed by atoms with Crippen LogP contribution >= 0.6 is 11.8 Å². The molecule has 0 spiro atoms. The Morgan fingerprint density at radius 2 is 2.00 bits per heavy atom. The predicted octanol–water partition coefficient (Wildman–Crippen LogP) is 1.09. The minimum atomic E-state index is -1.50. The summed E-state index contributed by atoms with van der Waals surface area (Å²) in [5.41, 5.74) is 5.76. The standard InChI is InChI=1S/C16H20N2O4S/c1-15(2)16(17,18-12(19)11(21-3)13(18)23-15)14(20)22-9-10-7-5-4-6-8-10/h4-8,11,13H,9,17H2,1-3H3/t11-,13-,16+/m1/s1. The van der Waals surface area contributed by atoms with Crippen molar-refractivity contribution in [2.75, 3.05) is 7.11 Å². The van der Waals surface area contributed by atoms with Gasteiger partial charge in [0.2, 0.25) is 5.66 Å². The van der Waals surface area contributed by atoms with Crippen molar-refractivity contribution in [2.24, 2.45) is 5.73 Å². The molecule has 3 rings (SSSR count). The van der Waals surface area contributed by atoms with Gasteiger partial charge in [0.25, 0.3) is 5.91 Å². The van der Waals surface area contributed by atoms with E-state index < -0.39 is 22.5 Å². The maximum absolute atomic E-state index is 12.7. The SMILES string of the molecule is CO[C@@H]1C(=O)N2[C@@H]1SC(C)(C)[C@]2(N)C(=O)OCc1ccccc1. The van der Waals surface area contributed by atoms with Gasteiger partial charge in [0.15, 0.2) is 6.10 Å². The van der Waals surface area contributed by atoms with Crippen LogP contribution in [0.3, 0.4) is 0 Å². The number of hydrogen-bond acceptors (Lipinski definition) is 6. The Morgan fingerprint density at radius 3 is 2.61 bits per heavy atom. The summed E-state index contributed by atoms with van der Waals surface area (Å²) < 4.78 is 9.92. The first-order chi connectivity index (χ1) is 10.8. The molecule has 0 aromatic heterocycles. The fourth-order valence-corrected chi connectivity index (χ4v) is 4.69. The quantitative estimate of drug-likeness (QED) is 0.655. The second-order valence-corrected chi connectivity index (χ2v) is 7.95. The Morgan fingerprint density at radius 1 is 1.35 bits per heavy atom. The molecule has 6 nitrogen and oxygen atoms in total. The van der Waals surface area contributed by atoms with Gasteiger partial charge in [-0.3, -0.25) is 15.4 Å². The number of thioether (sulfide) groups is 1. The van der Waals surface area contributed by atoms with Crippen LogP contribution < -0.4 is 5.73 Å². The molecule has 0 aliphatic carbocycles. The number of esters is 1. The molecule has 2 saturated heterocycles. The molecule has 0 bridgehead atoms. The van der Waals surface area contributed by atoms with Crippen LogP contribution in [-0.4, -0.2) is 45.8 Å². The summed E-state index contributed by atoms with van der Waals surface area (Å²) in [5.74, 6) is -0.862. The van der Waals surface area contributed by atoms with Crippen LogP contribution in [0.5, 0.6) is 0 Å². The number of nitrogens with two attached hydrogens (primary N) is 1. The highest BCUT2D eigenvalue weighted by Gasteiger charge is 2.72. The Balaban J connectivity index is 1.79. The lowest BCUT2D eigenvalue weighted by Crippen LogP contribution is -2.76. The Bertz CT molecular complexity index is 636. The Kier molecular flexibility index (Phi) is 3.90. The van der Waals surface area contributed by atoms with Gasteiger partial charge in [0.05, 0.1) is 4.75 Å².